The van der Waals surface area contributed by atoms with Gasteiger partial charge >= 0.3 is 0 Å². The quantitative estimate of drug-likeness (QED) is 0.390. The van der Waals surface area contributed by atoms with Gasteiger partial charge in [0.15, 0.2) is 11.5 Å². The summed E-state index contributed by atoms with van der Waals surface area (Å²) in [5.74, 6) is 0.541. The van der Waals surface area contributed by atoms with Gasteiger partial charge in [-0.15, -0.1) is 0 Å². The summed E-state index contributed by atoms with van der Waals surface area (Å²) in [6.45, 7) is 4.00. The van der Waals surface area contributed by atoms with Gasteiger partial charge in [0.05, 0.1) is 20.8 Å². The maximum Gasteiger partial charge on any atom is 0.266 e. The normalized spacial score (nSPS) is 15.0. The van der Waals surface area contributed by atoms with Gasteiger partial charge in [-0.25, -0.2) is 5.48 Å². The van der Waals surface area contributed by atoms with Gasteiger partial charge in [-0.2, -0.15) is 0 Å². The topological polar surface area (TPSA) is 86.3 Å². The first-order valence-electron chi connectivity index (χ1n) is 11.2. The number of ether oxygens (including phenoxy) is 3. The zero-order chi connectivity index (χ0) is 23.6. The number of likely N-dealkylation sites (tertiary alicyclic amines) is 1. The van der Waals surface area contributed by atoms with E-state index in [9.17, 15) is 9.59 Å². The van der Waals surface area contributed by atoms with Gasteiger partial charge in [-0.3, -0.25) is 14.4 Å². The molecular weight excluding hydrogens is 424 g/mol. The van der Waals surface area contributed by atoms with Crippen molar-refractivity contribution in [2.24, 2.45) is 0 Å². The van der Waals surface area contributed by atoms with Crippen molar-refractivity contribution in [1.82, 2.24) is 10.4 Å². The zero-order valence-electron chi connectivity index (χ0n) is 19.5. The highest BCUT2D eigenvalue weighted by molar-refractivity contribution is 5.99. The van der Waals surface area contributed by atoms with Crippen molar-refractivity contribution >= 4 is 11.8 Å². The minimum Gasteiger partial charge on any atom is -0.493 e. The number of rotatable bonds is 12. The van der Waals surface area contributed by atoms with E-state index in [4.69, 9.17) is 19.0 Å². The Morgan fingerprint density at radius 1 is 1.12 bits per heavy atom. The molecular formula is C25H32N2O6. The molecule has 1 aliphatic rings. The molecule has 3 rings (SSSR count). The minimum atomic E-state index is -0.567. The van der Waals surface area contributed by atoms with Crippen molar-refractivity contribution in [2.45, 2.75) is 38.8 Å². The highest BCUT2D eigenvalue weighted by atomic mass is 16.7. The van der Waals surface area contributed by atoms with Crippen LogP contribution in [0.4, 0.5) is 0 Å². The number of hydrogen-bond donors (Lipinski definition) is 1. The molecule has 0 saturated carbocycles. The van der Waals surface area contributed by atoms with E-state index in [1.54, 1.807) is 25.2 Å². The molecule has 1 aliphatic heterocycles. The van der Waals surface area contributed by atoms with Crippen molar-refractivity contribution in [3.8, 4) is 11.5 Å². The van der Waals surface area contributed by atoms with Gasteiger partial charge < -0.3 is 19.1 Å². The number of methoxy groups -OCH3 is 2. The molecule has 2 amide bonds. The highest BCUT2D eigenvalue weighted by Crippen LogP contribution is 2.34. The van der Waals surface area contributed by atoms with E-state index < -0.39 is 6.04 Å². The molecule has 8 heteroatoms. The van der Waals surface area contributed by atoms with E-state index in [1.165, 1.54) is 0 Å². The van der Waals surface area contributed by atoms with Crippen LogP contribution in [-0.2, 0) is 27.4 Å². The third kappa shape index (κ3) is 6.24. The monoisotopic (exact) mass is 456 g/mol. The molecule has 1 atom stereocenters. The van der Waals surface area contributed by atoms with Gasteiger partial charge in [0.25, 0.3) is 11.8 Å². The highest BCUT2D eigenvalue weighted by Gasteiger charge is 2.38. The summed E-state index contributed by atoms with van der Waals surface area (Å²) in [4.78, 5) is 32.7. The molecule has 0 aliphatic carbocycles. The van der Waals surface area contributed by atoms with E-state index in [0.29, 0.717) is 49.7 Å². The van der Waals surface area contributed by atoms with Crippen molar-refractivity contribution in [3.05, 3.63) is 59.2 Å². The SMILES string of the molecule is CCOCCCc1cc(C(=O)N2CC[C@@H]2C(=O)NOCc2ccccc2)cc(OC)c1OC. The second kappa shape index (κ2) is 12.2. The Labute approximate surface area is 194 Å². The van der Waals surface area contributed by atoms with Gasteiger partial charge in [-0.1, -0.05) is 30.3 Å². The van der Waals surface area contributed by atoms with Crippen LogP contribution in [0.3, 0.4) is 0 Å². The molecule has 1 heterocycles. The molecule has 0 radical (unpaired) electrons. The standard InChI is InChI=1S/C25H32N2O6/c1-4-32-14-8-11-19-15-20(16-22(30-2)23(19)31-3)25(29)27-13-12-21(27)24(28)26-33-17-18-9-6-5-7-10-18/h5-7,9-10,15-16,21H,4,8,11-14,17H2,1-3H3,(H,26,28)/t21-/m1/s1. The van der Waals surface area contributed by atoms with Crippen LogP contribution in [0.15, 0.2) is 42.5 Å². The van der Waals surface area contributed by atoms with E-state index in [-0.39, 0.29) is 18.4 Å². The molecule has 0 bridgehead atoms. The van der Waals surface area contributed by atoms with E-state index in [0.717, 1.165) is 17.5 Å². The predicted molar refractivity (Wildman–Crippen MR) is 123 cm³/mol. The number of nitrogens with zero attached hydrogens (tertiary/aromatic N) is 1. The van der Waals surface area contributed by atoms with Crippen LogP contribution in [0, 0.1) is 0 Å². The molecule has 8 nitrogen and oxygen atoms in total. The van der Waals surface area contributed by atoms with Crippen LogP contribution in [0.2, 0.25) is 0 Å². The summed E-state index contributed by atoms with van der Waals surface area (Å²) in [5.41, 5.74) is 4.74. The lowest BCUT2D eigenvalue weighted by Crippen LogP contribution is -2.58. The van der Waals surface area contributed by atoms with E-state index in [1.807, 2.05) is 43.3 Å². The average molecular weight is 457 g/mol. The Bertz CT molecular complexity index is 934. The number of carbonyl (C=O) groups excluding carboxylic acids is 2. The molecule has 1 fully saturated rings. The Morgan fingerprint density at radius 2 is 1.91 bits per heavy atom. The zero-order valence-corrected chi connectivity index (χ0v) is 19.5. The van der Waals surface area contributed by atoms with E-state index >= 15 is 0 Å². The fourth-order valence-corrected chi connectivity index (χ4v) is 3.76. The van der Waals surface area contributed by atoms with E-state index in [2.05, 4.69) is 5.48 Å². The third-order valence-corrected chi connectivity index (χ3v) is 5.58. The van der Waals surface area contributed by atoms with Gasteiger partial charge in [-0.05, 0) is 49.4 Å². The Hall–Kier alpha value is -3.10. The first-order valence-corrected chi connectivity index (χ1v) is 11.2. The van der Waals surface area contributed by atoms with Crippen LogP contribution in [0.1, 0.15) is 41.3 Å². The number of hydroxylamine groups is 1. The second-order valence-corrected chi connectivity index (χ2v) is 7.71. The first-order chi connectivity index (χ1) is 16.1. The number of nitrogens with one attached hydrogen (secondary N) is 1. The third-order valence-electron chi connectivity index (χ3n) is 5.58. The minimum absolute atomic E-state index is 0.225. The summed E-state index contributed by atoms with van der Waals surface area (Å²) in [5, 5.41) is 0. The van der Waals surface area contributed by atoms with Crippen molar-refractivity contribution in [1.29, 1.82) is 0 Å². The number of benzene rings is 2. The van der Waals surface area contributed by atoms with Crippen LogP contribution in [0.5, 0.6) is 11.5 Å². The summed E-state index contributed by atoms with van der Waals surface area (Å²) in [6, 6.07) is 12.5. The molecule has 0 aromatic heterocycles. The lowest BCUT2D eigenvalue weighted by atomic mass is 9.98. The molecule has 178 valence electrons. The van der Waals surface area contributed by atoms with Crippen LogP contribution in [0.25, 0.3) is 0 Å². The van der Waals surface area contributed by atoms with Gasteiger partial charge in [0.2, 0.25) is 0 Å². The summed E-state index contributed by atoms with van der Waals surface area (Å²) >= 11 is 0. The fraction of sp³-hybridized carbons (Fsp3) is 0.440. The number of aryl methyl sites for hydroxylation is 1. The largest absolute Gasteiger partial charge is 0.493 e. The van der Waals surface area contributed by atoms with Crippen LogP contribution < -0.4 is 15.0 Å². The molecule has 2 aromatic rings. The van der Waals surface area contributed by atoms with Gasteiger partial charge in [0.1, 0.15) is 6.04 Å². The lowest BCUT2D eigenvalue weighted by molar-refractivity contribution is -0.143. The Morgan fingerprint density at radius 3 is 2.55 bits per heavy atom. The van der Waals surface area contributed by atoms with Crippen LogP contribution in [-0.4, -0.2) is 56.7 Å². The Balaban J connectivity index is 1.65. The summed E-state index contributed by atoms with van der Waals surface area (Å²) in [7, 11) is 3.12. The molecule has 1 saturated heterocycles. The average Bonchev–Trinajstić information content (AvgIpc) is 2.81. The van der Waals surface area contributed by atoms with Gasteiger partial charge in [0, 0.05) is 25.3 Å². The number of hydrogen-bond acceptors (Lipinski definition) is 6. The maximum atomic E-state index is 13.2. The molecule has 33 heavy (non-hydrogen) atoms. The van der Waals surface area contributed by atoms with Crippen molar-refractivity contribution in [2.75, 3.05) is 34.0 Å². The molecule has 0 unspecified atom stereocenters. The number of carbonyl (C=O) groups is 2. The predicted octanol–water partition coefficient (Wildman–Crippen LogP) is 3.14. The fourth-order valence-electron chi connectivity index (χ4n) is 3.76. The second-order valence-electron chi connectivity index (χ2n) is 7.71. The molecule has 2 aromatic carbocycles. The van der Waals surface area contributed by atoms with Crippen molar-refractivity contribution < 1.29 is 28.6 Å². The smallest absolute Gasteiger partial charge is 0.266 e. The first kappa shape index (κ1) is 24.5. The van der Waals surface area contributed by atoms with Crippen molar-refractivity contribution in [3.63, 3.8) is 0 Å². The maximum absolute atomic E-state index is 13.2. The Kier molecular flexibility index (Phi) is 9.09. The molecule has 1 N–H and O–H groups in total. The van der Waals surface area contributed by atoms with Crippen LogP contribution >= 0.6 is 0 Å². The molecule has 0 spiro atoms. The number of amides is 2. The lowest BCUT2D eigenvalue weighted by Gasteiger charge is -2.39. The summed E-state index contributed by atoms with van der Waals surface area (Å²) < 4.78 is 16.4. The summed E-state index contributed by atoms with van der Waals surface area (Å²) in [6.07, 6.45) is 2.05.